The fourth-order valence-electron chi connectivity index (χ4n) is 4.78. The number of hydrogen-bond donors (Lipinski definition) is 1. The van der Waals surface area contributed by atoms with Crippen LogP contribution in [0.1, 0.15) is 43.0 Å². The molecule has 9 heteroatoms. The quantitative estimate of drug-likeness (QED) is 0.385. The van der Waals surface area contributed by atoms with Crippen LogP contribution in [0.15, 0.2) is 71.3 Å². The number of furan rings is 1. The number of aromatic nitrogens is 3. The van der Waals surface area contributed by atoms with Crippen LogP contribution in [-0.2, 0) is 22.7 Å². The van der Waals surface area contributed by atoms with Gasteiger partial charge in [0.1, 0.15) is 29.6 Å². The lowest BCUT2D eigenvalue weighted by atomic mass is 10.0. The van der Waals surface area contributed by atoms with E-state index in [4.69, 9.17) is 9.15 Å². The summed E-state index contributed by atoms with van der Waals surface area (Å²) in [6.45, 7) is 0.0524. The molecule has 0 bridgehead atoms. The third-order valence-corrected chi connectivity index (χ3v) is 6.60. The molecule has 1 fully saturated rings. The Morgan fingerprint density at radius 3 is 2.75 bits per heavy atom. The van der Waals surface area contributed by atoms with Gasteiger partial charge in [0.2, 0.25) is 11.8 Å². The molecule has 1 N–H and O–H groups in total. The third kappa shape index (κ3) is 5.10. The maximum absolute atomic E-state index is 13.9. The standard InChI is InChI=1S/C27H29N5O4/c1-35-21-11-6-8-19(16-21)26(27(34)28-20-9-2-3-10-20)31(17-22-12-7-15-36-22)25(33)18-32-24-14-5-4-13-23(24)29-30-32/h4-8,11-16,20,26H,2-3,9-10,17-18H2,1H3,(H,28,34)/t26-/m0/s1. The third-order valence-electron chi connectivity index (χ3n) is 6.60. The van der Waals surface area contributed by atoms with Gasteiger partial charge >= 0.3 is 0 Å². The average Bonchev–Trinajstić information content (AvgIpc) is 3.67. The van der Waals surface area contributed by atoms with Crippen molar-refractivity contribution < 1.29 is 18.7 Å². The van der Waals surface area contributed by atoms with E-state index >= 15 is 0 Å². The van der Waals surface area contributed by atoms with Crippen LogP contribution in [0.2, 0.25) is 0 Å². The summed E-state index contributed by atoms with van der Waals surface area (Å²) in [5, 5.41) is 11.5. The predicted molar refractivity (Wildman–Crippen MR) is 133 cm³/mol. The Morgan fingerprint density at radius 1 is 1.14 bits per heavy atom. The lowest BCUT2D eigenvalue weighted by Gasteiger charge is -2.32. The molecule has 2 aromatic heterocycles. The number of fused-ring (bicyclic) bond motifs is 1. The summed E-state index contributed by atoms with van der Waals surface area (Å²) in [6.07, 6.45) is 5.61. The van der Waals surface area contributed by atoms with E-state index in [1.807, 2.05) is 42.5 Å². The normalized spacial score (nSPS) is 14.6. The molecule has 9 nitrogen and oxygen atoms in total. The number of nitrogens with zero attached hydrogens (tertiary/aromatic N) is 4. The minimum Gasteiger partial charge on any atom is -0.497 e. The largest absolute Gasteiger partial charge is 0.497 e. The number of hydrogen-bond acceptors (Lipinski definition) is 6. The van der Waals surface area contributed by atoms with Crippen molar-refractivity contribution in [2.45, 2.75) is 50.9 Å². The Labute approximate surface area is 209 Å². The zero-order valence-electron chi connectivity index (χ0n) is 20.2. The van der Waals surface area contributed by atoms with Crippen molar-refractivity contribution in [3.8, 4) is 5.75 Å². The van der Waals surface area contributed by atoms with Crippen LogP contribution in [0.5, 0.6) is 5.75 Å². The monoisotopic (exact) mass is 487 g/mol. The first-order valence-electron chi connectivity index (χ1n) is 12.2. The molecule has 0 unspecified atom stereocenters. The van der Waals surface area contributed by atoms with Crippen LogP contribution < -0.4 is 10.1 Å². The van der Waals surface area contributed by atoms with Gasteiger partial charge in [0.15, 0.2) is 0 Å². The molecular formula is C27H29N5O4. The highest BCUT2D eigenvalue weighted by Gasteiger charge is 2.34. The highest BCUT2D eigenvalue weighted by atomic mass is 16.5. The van der Waals surface area contributed by atoms with Gasteiger partial charge in [0.05, 0.1) is 25.4 Å². The van der Waals surface area contributed by atoms with Gasteiger partial charge in [-0.15, -0.1) is 5.10 Å². The lowest BCUT2D eigenvalue weighted by molar-refractivity contribution is -0.142. The van der Waals surface area contributed by atoms with E-state index in [0.717, 1.165) is 31.2 Å². The Hall–Kier alpha value is -4.14. The molecule has 2 amide bonds. The highest BCUT2D eigenvalue weighted by molar-refractivity contribution is 5.89. The molecule has 36 heavy (non-hydrogen) atoms. The number of methoxy groups -OCH3 is 1. The summed E-state index contributed by atoms with van der Waals surface area (Å²) >= 11 is 0. The van der Waals surface area contributed by atoms with Crippen molar-refractivity contribution in [1.29, 1.82) is 0 Å². The van der Waals surface area contributed by atoms with Crippen LogP contribution in [0.4, 0.5) is 0 Å². The van der Waals surface area contributed by atoms with Gasteiger partial charge in [-0.05, 0) is 54.8 Å². The molecular weight excluding hydrogens is 458 g/mol. The Kier molecular flexibility index (Phi) is 6.97. The van der Waals surface area contributed by atoms with Gasteiger partial charge in [-0.3, -0.25) is 9.59 Å². The first-order valence-corrected chi connectivity index (χ1v) is 12.2. The van der Waals surface area contributed by atoms with Gasteiger partial charge in [0, 0.05) is 6.04 Å². The fourth-order valence-corrected chi connectivity index (χ4v) is 4.78. The van der Waals surface area contributed by atoms with Crippen LogP contribution in [-0.4, -0.2) is 44.9 Å². The number of amides is 2. The second-order valence-corrected chi connectivity index (χ2v) is 9.01. The molecule has 4 aromatic rings. The summed E-state index contributed by atoms with van der Waals surface area (Å²) in [6, 6.07) is 17.5. The number of rotatable bonds is 9. The number of carbonyl (C=O) groups is 2. The number of carbonyl (C=O) groups excluding carboxylic acids is 2. The average molecular weight is 488 g/mol. The fraction of sp³-hybridized carbons (Fsp3) is 0.333. The highest BCUT2D eigenvalue weighted by Crippen LogP contribution is 2.29. The van der Waals surface area contributed by atoms with E-state index in [1.54, 1.807) is 41.2 Å². The minimum absolute atomic E-state index is 0.0710. The van der Waals surface area contributed by atoms with Crippen molar-refractivity contribution in [3.63, 3.8) is 0 Å². The maximum Gasteiger partial charge on any atom is 0.247 e. The molecule has 5 rings (SSSR count). The molecule has 2 aromatic carbocycles. The van der Waals surface area contributed by atoms with E-state index in [1.165, 1.54) is 0 Å². The Morgan fingerprint density at radius 2 is 1.97 bits per heavy atom. The minimum atomic E-state index is -0.881. The van der Waals surface area contributed by atoms with Crippen molar-refractivity contribution >= 4 is 22.8 Å². The summed E-state index contributed by atoms with van der Waals surface area (Å²) in [4.78, 5) is 29.2. The SMILES string of the molecule is COc1cccc([C@@H](C(=O)NC2CCCC2)N(Cc2ccco2)C(=O)Cn2nnc3ccccc32)c1. The zero-order valence-corrected chi connectivity index (χ0v) is 20.2. The summed E-state index contributed by atoms with van der Waals surface area (Å²) in [5.74, 6) is 0.683. The molecule has 2 heterocycles. The number of nitrogens with one attached hydrogen (secondary N) is 1. The van der Waals surface area contributed by atoms with E-state index in [9.17, 15) is 9.59 Å². The van der Waals surface area contributed by atoms with Crippen molar-refractivity contribution in [3.05, 3.63) is 78.3 Å². The van der Waals surface area contributed by atoms with Crippen LogP contribution in [0, 0.1) is 0 Å². The van der Waals surface area contributed by atoms with Crippen LogP contribution in [0.3, 0.4) is 0 Å². The summed E-state index contributed by atoms with van der Waals surface area (Å²) in [7, 11) is 1.58. The number of ether oxygens (including phenoxy) is 1. The van der Waals surface area contributed by atoms with E-state index in [2.05, 4.69) is 15.6 Å². The van der Waals surface area contributed by atoms with E-state index in [0.29, 0.717) is 22.6 Å². The van der Waals surface area contributed by atoms with Gasteiger partial charge in [-0.2, -0.15) is 0 Å². The molecule has 0 aliphatic heterocycles. The molecule has 1 aliphatic rings. The van der Waals surface area contributed by atoms with Crippen molar-refractivity contribution in [2.75, 3.05) is 7.11 Å². The van der Waals surface area contributed by atoms with Gasteiger partial charge in [-0.25, -0.2) is 4.68 Å². The molecule has 0 saturated heterocycles. The molecule has 1 saturated carbocycles. The maximum atomic E-state index is 13.9. The summed E-state index contributed by atoms with van der Waals surface area (Å²) < 4.78 is 12.6. The van der Waals surface area contributed by atoms with E-state index in [-0.39, 0.29) is 30.9 Å². The van der Waals surface area contributed by atoms with Gasteiger partial charge in [-0.1, -0.05) is 42.3 Å². The Bertz CT molecular complexity index is 1330. The second-order valence-electron chi connectivity index (χ2n) is 9.01. The molecule has 0 spiro atoms. The zero-order chi connectivity index (χ0) is 24.9. The molecule has 186 valence electrons. The van der Waals surface area contributed by atoms with Crippen LogP contribution >= 0.6 is 0 Å². The van der Waals surface area contributed by atoms with Gasteiger partial charge < -0.3 is 19.4 Å². The molecule has 1 atom stereocenters. The van der Waals surface area contributed by atoms with Crippen LogP contribution in [0.25, 0.3) is 11.0 Å². The summed E-state index contributed by atoms with van der Waals surface area (Å²) in [5.41, 5.74) is 2.11. The number of para-hydroxylation sites is 1. The smallest absolute Gasteiger partial charge is 0.247 e. The van der Waals surface area contributed by atoms with E-state index < -0.39 is 6.04 Å². The second kappa shape index (κ2) is 10.6. The van der Waals surface area contributed by atoms with Crippen molar-refractivity contribution in [2.24, 2.45) is 0 Å². The van der Waals surface area contributed by atoms with Gasteiger partial charge in [0.25, 0.3) is 0 Å². The van der Waals surface area contributed by atoms with Crippen molar-refractivity contribution in [1.82, 2.24) is 25.2 Å². The Balaban J connectivity index is 1.52. The molecule has 1 aliphatic carbocycles. The molecule has 0 radical (unpaired) electrons. The first-order chi connectivity index (χ1) is 17.6. The predicted octanol–water partition coefficient (Wildman–Crippen LogP) is 3.86. The lowest BCUT2D eigenvalue weighted by Crippen LogP contribution is -2.46. The topological polar surface area (TPSA) is 102 Å². The first kappa shape index (κ1) is 23.6. The number of benzene rings is 2.